The molecule has 0 fully saturated rings. The Bertz CT molecular complexity index is 583. The Labute approximate surface area is 138 Å². The molecule has 1 aromatic rings. The van der Waals surface area contributed by atoms with Crippen molar-refractivity contribution in [1.29, 1.82) is 0 Å². The molecule has 0 saturated heterocycles. The smallest absolute Gasteiger partial charge is 0.243 e. The van der Waals surface area contributed by atoms with E-state index >= 15 is 0 Å². The van der Waals surface area contributed by atoms with Crippen molar-refractivity contribution in [2.45, 2.75) is 46.1 Å². The van der Waals surface area contributed by atoms with E-state index in [9.17, 15) is 9.59 Å². The number of hydrogen-bond donors (Lipinski definition) is 0. The van der Waals surface area contributed by atoms with Gasteiger partial charge in [-0.05, 0) is 25.8 Å². The van der Waals surface area contributed by atoms with Gasteiger partial charge in [0.25, 0.3) is 0 Å². The van der Waals surface area contributed by atoms with Gasteiger partial charge in [0.1, 0.15) is 0 Å². The van der Waals surface area contributed by atoms with Crippen molar-refractivity contribution in [2.24, 2.45) is 5.10 Å². The predicted octanol–water partition coefficient (Wildman–Crippen LogP) is 2.46. The average molecular weight is 315 g/mol. The summed E-state index contributed by atoms with van der Waals surface area (Å²) in [5.41, 5.74) is 1.98. The van der Waals surface area contributed by atoms with Crippen LogP contribution in [0.2, 0.25) is 0 Å². The molecule has 2 amide bonds. The second kappa shape index (κ2) is 7.90. The van der Waals surface area contributed by atoms with Crippen LogP contribution >= 0.6 is 0 Å². The molecule has 1 aliphatic rings. The minimum Gasteiger partial charge on any atom is -0.333 e. The number of rotatable bonds is 6. The molecular weight excluding hydrogens is 290 g/mol. The number of benzene rings is 1. The van der Waals surface area contributed by atoms with E-state index in [1.807, 2.05) is 56.0 Å². The molecule has 2 rings (SSSR count). The highest BCUT2D eigenvalue weighted by Gasteiger charge is 2.32. The Morgan fingerprint density at radius 3 is 2.57 bits per heavy atom. The van der Waals surface area contributed by atoms with Crippen LogP contribution in [0.15, 0.2) is 35.4 Å². The van der Waals surface area contributed by atoms with Gasteiger partial charge in [0.05, 0.1) is 18.3 Å². The average Bonchev–Trinajstić information content (AvgIpc) is 2.96. The lowest BCUT2D eigenvalue weighted by molar-refractivity contribution is -0.135. The summed E-state index contributed by atoms with van der Waals surface area (Å²) < 4.78 is 0. The largest absolute Gasteiger partial charge is 0.333 e. The molecule has 5 nitrogen and oxygen atoms in total. The summed E-state index contributed by atoms with van der Waals surface area (Å²) in [7, 11) is 0. The molecule has 0 aromatic heterocycles. The highest BCUT2D eigenvalue weighted by molar-refractivity contribution is 5.94. The number of carbonyl (C=O) groups is 2. The quantitative estimate of drug-likeness (QED) is 0.810. The van der Waals surface area contributed by atoms with Crippen molar-refractivity contribution in [1.82, 2.24) is 9.91 Å². The van der Waals surface area contributed by atoms with E-state index in [1.165, 1.54) is 5.01 Å². The number of hydrazone groups is 1. The Hall–Kier alpha value is -2.17. The van der Waals surface area contributed by atoms with E-state index < -0.39 is 0 Å². The lowest BCUT2D eigenvalue weighted by atomic mass is 10.1. The first kappa shape index (κ1) is 17.2. The van der Waals surface area contributed by atoms with Gasteiger partial charge >= 0.3 is 0 Å². The third-order valence-corrected chi connectivity index (χ3v) is 4.20. The summed E-state index contributed by atoms with van der Waals surface area (Å²) in [6, 6.07) is 9.87. The van der Waals surface area contributed by atoms with Crippen LogP contribution in [0.25, 0.3) is 0 Å². The summed E-state index contributed by atoms with van der Waals surface area (Å²) in [6.45, 7) is 6.81. The van der Waals surface area contributed by atoms with E-state index in [2.05, 4.69) is 5.10 Å². The zero-order valence-corrected chi connectivity index (χ0v) is 14.2. The van der Waals surface area contributed by atoms with Crippen LogP contribution in [0.4, 0.5) is 0 Å². The van der Waals surface area contributed by atoms with Gasteiger partial charge in [0, 0.05) is 19.4 Å². The van der Waals surface area contributed by atoms with Crippen LogP contribution in [0.1, 0.15) is 39.2 Å². The Morgan fingerprint density at radius 1 is 1.26 bits per heavy atom. The monoisotopic (exact) mass is 315 g/mol. The second-order valence-electron chi connectivity index (χ2n) is 5.75. The number of hydrogen-bond acceptors (Lipinski definition) is 3. The highest BCUT2D eigenvalue weighted by Crippen LogP contribution is 2.16. The number of likely N-dealkylation sites (N-methyl/N-ethyl adjacent to an activating group) is 1. The maximum absolute atomic E-state index is 12.4. The Balaban J connectivity index is 1.95. The molecule has 0 radical (unpaired) electrons. The van der Waals surface area contributed by atoms with Crippen LogP contribution in [0.5, 0.6) is 0 Å². The lowest BCUT2D eigenvalue weighted by Gasteiger charge is -2.27. The molecule has 0 aliphatic carbocycles. The van der Waals surface area contributed by atoms with Gasteiger partial charge < -0.3 is 4.90 Å². The number of carbonyl (C=O) groups excluding carboxylic acids is 2. The van der Waals surface area contributed by atoms with Gasteiger partial charge in [-0.15, -0.1) is 0 Å². The molecule has 1 aromatic carbocycles. The molecule has 0 saturated carbocycles. The van der Waals surface area contributed by atoms with Crippen LogP contribution < -0.4 is 0 Å². The Morgan fingerprint density at radius 2 is 1.96 bits per heavy atom. The molecule has 1 atom stereocenters. The maximum atomic E-state index is 12.4. The van der Waals surface area contributed by atoms with E-state index in [0.29, 0.717) is 32.4 Å². The number of amides is 2. The van der Waals surface area contributed by atoms with E-state index in [1.54, 1.807) is 0 Å². The maximum Gasteiger partial charge on any atom is 0.243 e. The molecule has 23 heavy (non-hydrogen) atoms. The topological polar surface area (TPSA) is 53.0 Å². The molecule has 0 bridgehead atoms. The van der Waals surface area contributed by atoms with Crippen LogP contribution in [-0.4, -0.2) is 46.6 Å². The molecule has 1 heterocycles. The lowest BCUT2D eigenvalue weighted by Crippen LogP contribution is -2.46. The van der Waals surface area contributed by atoms with Crippen LogP contribution in [0, 0.1) is 0 Å². The minimum absolute atomic E-state index is 0.00991. The first-order valence-electron chi connectivity index (χ1n) is 8.25. The molecular formula is C18H25N3O2. The van der Waals surface area contributed by atoms with Crippen LogP contribution in [0.3, 0.4) is 0 Å². The van der Waals surface area contributed by atoms with Gasteiger partial charge in [-0.3, -0.25) is 9.59 Å². The van der Waals surface area contributed by atoms with Gasteiger partial charge in [0.15, 0.2) is 0 Å². The van der Waals surface area contributed by atoms with Crippen molar-refractivity contribution in [3.8, 4) is 0 Å². The number of aryl methyl sites for hydroxylation is 1. The van der Waals surface area contributed by atoms with E-state index in [-0.39, 0.29) is 17.9 Å². The first-order valence-corrected chi connectivity index (χ1v) is 8.25. The highest BCUT2D eigenvalue weighted by atomic mass is 16.2. The van der Waals surface area contributed by atoms with E-state index in [4.69, 9.17) is 0 Å². The van der Waals surface area contributed by atoms with Crippen molar-refractivity contribution in [3.63, 3.8) is 0 Å². The molecule has 5 heteroatoms. The first-order chi connectivity index (χ1) is 11.1. The SMILES string of the molecule is CCC(=O)N(CC)C1CN(C(=O)CCc2ccccc2)N=C1C. The van der Waals surface area contributed by atoms with E-state index in [0.717, 1.165) is 11.3 Å². The zero-order chi connectivity index (χ0) is 16.8. The molecule has 124 valence electrons. The summed E-state index contributed by atoms with van der Waals surface area (Å²) in [4.78, 5) is 26.2. The predicted molar refractivity (Wildman–Crippen MR) is 91.1 cm³/mol. The van der Waals surface area contributed by atoms with Crippen LogP contribution in [-0.2, 0) is 16.0 Å². The fourth-order valence-corrected chi connectivity index (χ4v) is 2.87. The summed E-state index contributed by atoms with van der Waals surface area (Å²) in [6.07, 6.45) is 1.61. The normalized spacial score (nSPS) is 17.1. The second-order valence-corrected chi connectivity index (χ2v) is 5.75. The van der Waals surface area contributed by atoms with Crippen molar-refractivity contribution >= 4 is 17.5 Å². The Kier molecular flexibility index (Phi) is 5.90. The fourth-order valence-electron chi connectivity index (χ4n) is 2.87. The molecule has 1 aliphatic heterocycles. The number of nitrogens with zero attached hydrogens (tertiary/aromatic N) is 3. The molecule has 1 unspecified atom stereocenters. The standard InChI is InChI=1S/C18H25N3O2/c1-4-17(22)20(5-2)16-13-21(19-14(16)3)18(23)12-11-15-9-7-6-8-10-15/h6-10,16H,4-5,11-13H2,1-3H3. The third-order valence-electron chi connectivity index (χ3n) is 4.20. The van der Waals surface area contributed by atoms with Crippen molar-refractivity contribution < 1.29 is 9.59 Å². The third kappa shape index (κ3) is 4.18. The molecule has 0 spiro atoms. The van der Waals surface area contributed by atoms with Gasteiger partial charge in [-0.25, -0.2) is 5.01 Å². The van der Waals surface area contributed by atoms with Crippen molar-refractivity contribution in [2.75, 3.05) is 13.1 Å². The fraction of sp³-hybridized carbons (Fsp3) is 0.500. The molecule has 0 N–H and O–H groups in total. The van der Waals surface area contributed by atoms with Gasteiger partial charge in [0.2, 0.25) is 11.8 Å². The van der Waals surface area contributed by atoms with Crippen molar-refractivity contribution in [3.05, 3.63) is 35.9 Å². The minimum atomic E-state index is -0.0897. The van der Waals surface area contributed by atoms with Gasteiger partial charge in [-0.1, -0.05) is 37.3 Å². The van der Waals surface area contributed by atoms with Gasteiger partial charge in [-0.2, -0.15) is 5.10 Å². The summed E-state index contributed by atoms with van der Waals surface area (Å²) in [5, 5.41) is 5.90. The summed E-state index contributed by atoms with van der Waals surface area (Å²) >= 11 is 0. The summed E-state index contributed by atoms with van der Waals surface area (Å²) in [5.74, 6) is 0.112. The zero-order valence-electron chi connectivity index (χ0n) is 14.2.